The van der Waals surface area contributed by atoms with Gasteiger partial charge in [0.2, 0.25) is 5.16 Å². The summed E-state index contributed by atoms with van der Waals surface area (Å²) < 4.78 is 3.64. The highest BCUT2D eigenvalue weighted by Gasteiger charge is 2.20. The van der Waals surface area contributed by atoms with Crippen LogP contribution in [0.25, 0.3) is 16.4 Å². The Hall–Kier alpha value is -1.67. The molecule has 0 aliphatic carbocycles. The maximum atomic E-state index is 6.02. The number of hydrogen-bond acceptors (Lipinski definition) is 6. The van der Waals surface area contributed by atoms with Gasteiger partial charge in [-0.15, -0.1) is 21.5 Å². The Labute approximate surface area is 162 Å². The van der Waals surface area contributed by atoms with Gasteiger partial charge in [0.05, 0.1) is 16.8 Å². The first kappa shape index (κ1) is 16.8. The van der Waals surface area contributed by atoms with Gasteiger partial charge in [0.1, 0.15) is 4.34 Å². The Balaban J connectivity index is 1.87. The zero-order valence-corrected chi connectivity index (χ0v) is 16.4. The van der Waals surface area contributed by atoms with E-state index in [1.54, 1.807) is 17.5 Å². The second kappa shape index (κ2) is 7.29. The number of aryl methyl sites for hydroxylation is 1. The second-order valence-electron chi connectivity index (χ2n) is 5.13. The molecular formula is C17H13ClN4S3. The first-order valence-corrected chi connectivity index (χ1v) is 10.5. The molecule has 0 unspecified atom stereocenters. The van der Waals surface area contributed by atoms with Crippen LogP contribution in [-0.4, -0.2) is 19.7 Å². The number of para-hydroxylation sites is 1. The van der Waals surface area contributed by atoms with Gasteiger partial charge in [-0.3, -0.25) is 4.57 Å². The van der Waals surface area contributed by atoms with Crippen LogP contribution in [0.2, 0.25) is 4.34 Å². The van der Waals surface area contributed by atoms with Crippen molar-refractivity contribution in [1.29, 1.82) is 0 Å². The molecule has 0 aliphatic heterocycles. The normalized spacial score (nSPS) is 11.1. The Bertz CT molecular complexity index is 991. The minimum atomic E-state index is 0.668. The van der Waals surface area contributed by atoms with E-state index < -0.39 is 0 Å². The highest BCUT2D eigenvalue weighted by atomic mass is 35.5. The Morgan fingerprint density at radius 1 is 1.16 bits per heavy atom. The van der Waals surface area contributed by atoms with E-state index in [1.807, 2.05) is 17.5 Å². The molecule has 0 spiro atoms. The van der Waals surface area contributed by atoms with Crippen molar-refractivity contribution in [2.75, 3.05) is 0 Å². The molecule has 8 heteroatoms. The van der Waals surface area contributed by atoms with Gasteiger partial charge in [-0.1, -0.05) is 54.1 Å². The molecule has 0 saturated carbocycles. The lowest BCUT2D eigenvalue weighted by Crippen LogP contribution is -2.02. The molecule has 4 aromatic rings. The fourth-order valence-corrected chi connectivity index (χ4v) is 5.27. The zero-order chi connectivity index (χ0) is 17.2. The summed E-state index contributed by atoms with van der Waals surface area (Å²) in [4.78, 5) is 5.42. The van der Waals surface area contributed by atoms with E-state index in [1.165, 1.54) is 28.7 Å². The van der Waals surface area contributed by atoms with Gasteiger partial charge in [-0.2, -0.15) is 0 Å². The van der Waals surface area contributed by atoms with E-state index in [4.69, 9.17) is 11.6 Å². The lowest BCUT2D eigenvalue weighted by molar-refractivity contribution is 0.872. The third kappa shape index (κ3) is 3.37. The standard InChI is InChI=1S/C17H13ClN4S3/c1-2-11-6-3-4-7-12(11)22-15(13-8-5-9-23-13)20-21-16(22)25-17-19-10-14(18)24-17/h3-10H,2H2,1H3. The molecule has 126 valence electrons. The number of rotatable bonds is 5. The number of halogens is 1. The smallest absolute Gasteiger partial charge is 0.203 e. The first-order chi connectivity index (χ1) is 12.3. The van der Waals surface area contributed by atoms with Crippen molar-refractivity contribution in [3.63, 3.8) is 0 Å². The van der Waals surface area contributed by atoms with Crippen molar-refractivity contribution in [2.24, 2.45) is 0 Å². The lowest BCUT2D eigenvalue weighted by atomic mass is 10.1. The first-order valence-electron chi connectivity index (χ1n) is 7.63. The van der Waals surface area contributed by atoms with Crippen LogP contribution in [0.4, 0.5) is 0 Å². The van der Waals surface area contributed by atoms with Crippen molar-refractivity contribution in [1.82, 2.24) is 19.7 Å². The maximum absolute atomic E-state index is 6.02. The number of hydrogen-bond donors (Lipinski definition) is 0. The van der Waals surface area contributed by atoms with Crippen molar-refractivity contribution < 1.29 is 0 Å². The monoisotopic (exact) mass is 404 g/mol. The Morgan fingerprint density at radius 2 is 2.04 bits per heavy atom. The highest BCUT2D eigenvalue weighted by Crippen LogP contribution is 2.37. The fraction of sp³-hybridized carbons (Fsp3) is 0.118. The van der Waals surface area contributed by atoms with Crippen LogP contribution in [0.15, 0.2) is 57.5 Å². The average Bonchev–Trinajstić information content (AvgIpc) is 3.36. The summed E-state index contributed by atoms with van der Waals surface area (Å²) in [5, 5.41) is 11.7. The van der Waals surface area contributed by atoms with Crippen LogP contribution in [0.1, 0.15) is 12.5 Å². The van der Waals surface area contributed by atoms with Gasteiger partial charge in [-0.25, -0.2) is 4.98 Å². The predicted molar refractivity (Wildman–Crippen MR) is 105 cm³/mol. The Kier molecular flexibility index (Phi) is 4.89. The summed E-state index contributed by atoms with van der Waals surface area (Å²) in [5.41, 5.74) is 2.35. The third-order valence-corrected chi connectivity index (χ3v) is 6.63. The average molecular weight is 405 g/mol. The van der Waals surface area contributed by atoms with Gasteiger partial charge in [0.15, 0.2) is 10.2 Å². The number of benzene rings is 1. The number of nitrogens with zero attached hydrogens (tertiary/aromatic N) is 4. The molecule has 0 atom stereocenters. The molecule has 0 saturated heterocycles. The molecule has 1 aromatic carbocycles. The van der Waals surface area contributed by atoms with E-state index in [9.17, 15) is 0 Å². The largest absolute Gasteiger partial charge is 0.269 e. The van der Waals surface area contributed by atoms with Crippen LogP contribution >= 0.6 is 46.0 Å². The summed E-state index contributed by atoms with van der Waals surface area (Å²) in [6.07, 6.45) is 2.60. The quantitative estimate of drug-likeness (QED) is 0.420. The maximum Gasteiger partial charge on any atom is 0.203 e. The van der Waals surface area contributed by atoms with E-state index in [2.05, 4.69) is 50.9 Å². The predicted octanol–water partition coefficient (Wildman–Crippen LogP) is 5.82. The lowest BCUT2D eigenvalue weighted by Gasteiger charge is -2.12. The zero-order valence-electron chi connectivity index (χ0n) is 13.2. The van der Waals surface area contributed by atoms with Crippen LogP contribution in [-0.2, 0) is 6.42 Å². The molecule has 0 aliphatic rings. The molecule has 0 bridgehead atoms. The van der Waals surface area contributed by atoms with Crippen molar-refractivity contribution in [3.8, 4) is 16.4 Å². The minimum absolute atomic E-state index is 0.668. The van der Waals surface area contributed by atoms with Crippen molar-refractivity contribution in [3.05, 3.63) is 57.9 Å². The van der Waals surface area contributed by atoms with Gasteiger partial charge in [0, 0.05) is 0 Å². The number of thiazole rings is 1. The second-order valence-corrected chi connectivity index (χ2v) is 8.96. The van der Waals surface area contributed by atoms with Crippen molar-refractivity contribution >= 4 is 46.0 Å². The fourth-order valence-electron chi connectivity index (χ4n) is 2.51. The highest BCUT2D eigenvalue weighted by molar-refractivity contribution is 8.00. The topological polar surface area (TPSA) is 43.6 Å². The van der Waals surface area contributed by atoms with Gasteiger partial charge >= 0.3 is 0 Å². The van der Waals surface area contributed by atoms with Crippen LogP contribution in [0, 0.1) is 0 Å². The van der Waals surface area contributed by atoms with E-state index in [0.29, 0.717) is 4.34 Å². The molecular weight excluding hydrogens is 392 g/mol. The van der Waals surface area contributed by atoms with Crippen LogP contribution in [0.5, 0.6) is 0 Å². The molecule has 3 aromatic heterocycles. The van der Waals surface area contributed by atoms with Crippen molar-refractivity contribution in [2.45, 2.75) is 22.8 Å². The molecule has 0 N–H and O–H groups in total. The van der Waals surface area contributed by atoms with Gasteiger partial charge in [0.25, 0.3) is 0 Å². The van der Waals surface area contributed by atoms with Crippen LogP contribution in [0.3, 0.4) is 0 Å². The molecule has 0 fully saturated rings. The summed E-state index contributed by atoms with van der Waals surface area (Å²) in [5.74, 6) is 0.848. The van der Waals surface area contributed by atoms with Crippen LogP contribution < -0.4 is 0 Å². The molecule has 4 nitrogen and oxygen atoms in total. The number of thiophene rings is 1. The minimum Gasteiger partial charge on any atom is -0.269 e. The van der Waals surface area contributed by atoms with Gasteiger partial charge in [-0.05, 0) is 41.3 Å². The summed E-state index contributed by atoms with van der Waals surface area (Å²) >= 11 is 10.6. The SMILES string of the molecule is CCc1ccccc1-n1c(Sc2ncc(Cl)s2)nnc1-c1cccs1. The molecule has 0 radical (unpaired) electrons. The summed E-state index contributed by atoms with van der Waals surface area (Å²) in [6, 6.07) is 12.4. The molecule has 4 rings (SSSR count). The molecule has 25 heavy (non-hydrogen) atoms. The van der Waals surface area contributed by atoms with E-state index >= 15 is 0 Å². The summed E-state index contributed by atoms with van der Waals surface area (Å²) in [6.45, 7) is 2.15. The summed E-state index contributed by atoms with van der Waals surface area (Å²) in [7, 11) is 0. The molecule has 0 amide bonds. The number of aromatic nitrogens is 4. The van der Waals surface area contributed by atoms with E-state index in [0.717, 1.165) is 32.3 Å². The van der Waals surface area contributed by atoms with E-state index in [-0.39, 0.29) is 0 Å². The van der Waals surface area contributed by atoms with Gasteiger partial charge < -0.3 is 0 Å². The molecule has 3 heterocycles. The Morgan fingerprint density at radius 3 is 2.76 bits per heavy atom. The third-order valence-electron chi connectivity index (χ3n) is 3.62.